The van der Waals surface area contributed by atoms with Gasteiger partial charge in [0.15, 0.2) is 11.6 Å². The maximum absolute atomic E-state index is 6.00. The van der Waals surface area contributed by atoms with Crippen LogP contribution in [0.2, 0.25) is 0 Å². The molecule has 2 N–H and O–H groups in total. The molecule has 1 heterocycles. The van der Waals surface area contributed by atoms with E-state index in [0.29, 0.717) is 11.6 Å². The quantitative estimate of drug-likeness (QED) is 0.616. The molecule has 0 saturated heterocycles. The van der Waals surface area contributed by atoms with E-state index in [1.165, 1.54) is 0 Å². The van der Waals surface area contributed by atoms with E-state index in [-0.39, 0.29) is 0 Å². The van der Waals surface area contributed by atoms with Crippen molar-refractivity contribution >= 4 is 37.7 Å². The number of hydrogen-bond acceptors (Lipinski definition) is 3. The Bertz CT molecular complexity index is 812. The summed E-state index contributed by atoms with van der Waals surface area (Å²) < 4.78 is 7.47. The molecule has 3 rings (SSSR count). The van der Waals surface area contributed by atoms with Crippen molar-refractivity contribution in [2.75, 3.05) is 5.73 Å². The molecule has 1 aromatic heterocycles. The van der Waals surface area contributed by atoms with Gasteiger partial charge in [-0.05, 0) is 36.2 Å². The Hall–Kier alpha value is -1.59. The van der Waals surface area contributed by atoms with Crippen molar-refractivity contribution in [2.24, 2.45) is 0 Å². The fourth-order valence-corrected chi connectivity index (χ4v) is 2.93. The van der Waals surface area contributed by atoms with E-state index in [2.05, 4.69) is 37.0 Å². The van der Waals surface area contributed by atoms with Gasteiger partial charge < -0.3 is 10.3 Å². The molecule has 0 aliphatic carbocycles. The Morgan fingerprint density at radius 3 is 2.57 bits per heavy atom. The minimum atomic E-state index is 0.389. The third-order valence-corrected chi connectivity index (χ3v) is 4.61. The van der Waals surface area contributed by atoms with E-state index in [0.717, 1.165) is 31.2 Å². The van der Waals surface area contributed by atoms with Crippen molar-refractivity contribution in [1.29, 1.82) is 0 Å². The molecule has 0 aliphatic heterocycles. The number of nitrogen functional groups attached to an aromatic ring is 1. The highest BCUT2D eigenvalue weighted by molar-refractivity contribution is 9.10. The summed E-state index contributed by atoms with van der Waals surface area (Å²) in [6, 6.07) is 14.0. The average Bonchev–Trinajstić information content (AvgIpc) is 2.84. The third kappa shape index (κ3) is 2.76. The molecule has 21 heavy (non-hydrogen) atoms. The fourth-order valence-electron chi connectivity index (χ4n) is 2.16. The lowest BCUT2D eigenvalue weighted by Crippen LogP contribution is -1.89. The van der Waals surface area contributed by atoms with Crippen LogP contribution in [0.1, 0.15) is 5.56 Å². The van der Waals surface area contributed by atoms with Crippen molar-refractivity contribution in [3.8, 4) is 22.5 Å². The summed E-state index contributed by atoms with van der Waals surface area (Å²) in [4.78, 5) is 0. The Morgan fingerprint density at radius 2 is 1.86 bits per heavy atom. The van der Waals surface area contributed by atoms with Gasteiger partial charge in [0.05, 0.1) is 5.56 Å². The maximum Gasteiger partial charge on any atom is 0.176 e. The molecule has 0 fully saturated rings. The highest BCUT2D eigenvalue weighted by Crippen LogP contribution is 2.38. The van der Waals surface area contributed by atoms with Crippen LogP contribution in [0.15, 0.2) is 55.9 Å². The van der Waals surface area contributed by atoms with Crippen LogP contribution in [0.5, 0.6) is 0 Å². The number of aryl methyl sites for hydroxylation is 1. The molecule has 0 aliphatic rings. The summed E-state index contributed by atoms with van der Waals surface area (Å²) in [5.41, 5.74) is 9.88. The van der Waals surface area contributed by atoms with E-state index < -0.39 is 0 Å². The van der Waals surface area contributed by atoms with E-state index in [1.54, 1.807) is 0 Å². The lowest BCUT2D eigenvalue weighted by molar-refractivity contribution is 0.436. The van der Waals surface area contributed by atoms with Crippen LogP contribution < -0.4 is 5.73 Å². The normalized spacial score (nSPS) is 10.8. The van der Waals surface area contributed by atoms with Gasteiger partial charge in [-0.2, -0.15) is 0 Å². The maximum atomic E-state index is 6.00. The van der Waals surface area contributed by atoms with Gasteiger partial charge in [-0.25, -0.2) is 0 Å². The third-order valence-electron chi connectivity index (χ3n) is 3.27. The van der Waals surface area contributed by atoms with E-state index in [4.69, 9.17) is 10.3 Å². The first-order valence-electron chi connectivity index (χ1n) is 6.34. The smallest absolute Gasteiger partial charge is 0.176 e. The molecule has 0 atom stereocenters. The van der Waals surface area contributed by atoms with Crippen molar-refractivity contribution in [3.05, 3.63) is 57.0 Å². The predicted molar refractivity (Wildman–Crippen MR) is 91.9 cm³/mol. The SMILES string of the molecule is Cc1ccc(-c2onc(N)c2-c2cccc(Br)c2)cc1Br. The van der Waals surface area contributed by atoms with Crippen molar-refractivity contribution in [1.82, 2.24) is 5.16 Å². The largest absolute Gasteiger partial charge is 0.380 e. The van der Waals surface area contributed by atoms with Gasteiger partial charge in [0.25, 0.3) is 0 Å². The summed E-state index contributed by atoms with van der Waals surface area (Å²) in [7, 11) is 0. The Labute approximate surface area is 139 Å². The zero-order chi connectivity index (χ0) is 15.0. The number of anilines is 1. The highest BCUT2D eigenvalue weighted by Gasteiger charge is 2.18. The number of benzene rings is 2. The number of hydrogen-bond donors (Lipinski definition) is 1. The van der Waals surface area contributed by atoms with Crippen LogP contribution >= 0.6 is 31.9 Å². The summed E-state index contributed by atoms with van der Waals surface area (Å²) in [5, 5.41) is 3.92. The van der Waals surface area contributed by atoms with E-state index >= 15 is 0 Å². The number of aromatic nitrogens is 1. The molecular weight excluding hydrogens is 396 g/mol. The van der Waals surface area contributed by atoms with Crippen LogP contribution in [0.25, 0.3) is 22.5 Å². The molecule has 0 radical (unpaired) electrons. The van der Waals surface area contributed by atoms with Crippen molar-refractivity contribution in [3.63, 3.8) is 0 Å². The van der Waals surface area contributed by atoms with Crippen LogP contribution in [0, 0.1) is 6.92 Å². The molecule has 3 aromatic rings. The molecule has 0 spiro atoms. The Kier molecular flexibility index (Phi) is 3.87. The van der Waals surface area contributed by atoms with Gasteiger partial charge >= 0.3 is 0 Å². The zero-order valence-corrected chi connectivity index (χ0v) is 14.4. The first-order valence-corrected chi connectivity index (χ1v) is 7.92. The average molecular weight is 408 g/mol. The zero-order valence-electron chi connectivity index (χ0n) is 11.2. The first kappa shape index (κ1) is 14.4. The second kappa shape index (κ2) is 5.66. The van der Waals surface area contributed by atoms with E-state index in [9.17, 15) is 0 Å². The monoisotopic (exact) mass is 406 g/mol. The molecule has 2 aromatic carbocycles. The topological polar surface area (TPSA) is 52.0 Å². The van der Waals surface area contributed by atoms with Gasteiger partial charge in [-0.1, -0.05) is 61.3 Å². The first-order chi connectivity index (χ1) is 10.1. The standard InChI is InChI=1S/C16H12Br2N2O/c1-9-5-6-11(8-13(9)18)15-14(16(19)20-21-15)10-3-2-4-12(17)7-10/h2-8H,1H3,(H2,19,20). The summed E-state index contributed by atoms with van der Waals surface area (Å²) in [6.45, 7) is 2.04. The number of halogens is 2. The molecule has 0 amide bonds. The Balaban J connectivity index is 2.19. The van der Waals surface area contributed by atoms with Gasteiger partial charge in [0.2, 0.25) is 0 Å². The minimum Gasteiger partial charge on any atom is -0.380 e. The predicted octanol–water partition coefficient (Wildman–Crippen LogP) is 5.42. The second-order valence-corrected chi connectivity index (χ2v) is 6.52. The Morgan fingerprint density at radius 1 is 1.05 bits per heavy atom. The lowest BCUT2D eigenvalue weighted by Gasteiger charge is -2.05. The molecule has 0 bridgehead atoms. The molecule has 5 heteroatoms. The number of nitrogens with zero attached hydrogens (tertiary/aromatic N) is 1. The number of nitrogens with two attached hydrogens (primary N) is 1. The van der Waals surface area contributed by atoms with E-state index in [1.807, 2.05) is 49.4 Å². The van der Waals surface area contributed by atoms with Crippen LogP contribution in [-0.4, -0.2) is 5.16 Å². The highest BCUT2D eigenvalue weighted by atomic mass is 79.9. The fraction of sp³-hybridized carbons (Fsp3) is 0.0625. The van der Waals surface area contributed by atoms with Crippen LogP contribution in [0.3, 0.4) is 0 Å². The van der Waals surface area contributed by atoms with Gasteiger partial charge in [0, 0.05) is 14.5 Å². The molecule has 0 saturated carbocycles. The lowest BCUT2D eigenvalue weighted by atomic mass is 10.0. The van der Waals surface area contributed by atoms with Gasteiger partial charge in [-0.15, -0.1) is 0 Å². The second-order valence-electron chi connectivity index (χ2n) is 4.75. The van der Waals surface area contributed by atoms with Crippen molar-refractivity contribution < 1.29 is 4.52 Å². The summed E-state index contributed by atoms with van der Waals surface area (Å²) in [6.07, 6.45) is 0. The van der Waals surface area contributed by atoms with Crippen molar-refractivity contribution in [2.45, 2.75) is 6.92 Å². The summed E-state index contributed by atoms with van der Waals surface area (Å²) in [5.74, 6) is 1.06. The van der Waals surface area contributed by atoms with Crippen LogP contribution in [0.4, 0.5) is 5.82 Å². The van der Waals surface area contributed by atoms with Gasteiger partial charge in [-0.3, -0.25) is 0 Å². The molecule has 106 valence electrons. The molecule has 3 nitrogen and oxygen atoms in total. The number of rotatable bonds is 2. The molecule has 0 unspecified atom stereocenters. The van der Waals surface area contributed by atoms with Crippen LogP contribution in [-0.2, 0) is 0 Å². The summed E-state index contributed by atoms with van der Waals surface area (Å²) >= 11 is 7.02. The van der Waals surface area contributed by atoms with Gasteiger partial charge in [0.1, 0.15) is 0 Å². The molecular formula is C16H12Br2N2O. The minimum absolute atomic E-state index is 0.389.